The van der Waals surface area contributed by atoms with Crippen molar-refractivity contribution in [1.29, 1.82) is 0 Å². The fraction of sp³-hybridized carbons (Fsp3) is 0.417. The van der Waals surface area contributed by atoms with Gasteiger partial charge in [-0.15, -0.1) is 12.4 Å². The number of nitrogen functional groups attached to an aromatic ring is 1. The Labute approximate surface area is 103 Å². The van der Waals surface area contributed by atoms with Crippen LogP contribution in [0.4, 0.5) is 5.69 Å². The Hall–Kier alpha value is -1.22. The normalized spacial score (nSPS) is 9.69. The predicted octanol–water partition coefficient (Wildman–Crippen LogP) is 2.47. The first kappa shape index (κ1) is 14.8. The van der Waals surface area contributed by atoms with Crippen LogP contribution >= 0.6 is 12.4 Å². The van der Waals surface area contributed by atoms with Crippen molar-refractivity contribution >= 4 is 24.0 Å². The minimum atomic E-state index is -0.0528. The van der Waals surface area contributed by atoms with Gasteiger partial charge in [-0.3, -0.25) is 4.79 Å². The summed E-state index contributed by atoms with van der Waals surface area (Å²) in [5.41, 5.74) is 6.83. The van der Waals surface area contributed by atoms with Crippen LogP contribution in [0.25, 0.3) is 0 Å². The highest BCUT2D eigenvalue weighted by molar-refractivity contribution is 5.94. The number of nitrogens with two attached hydrogens (primary N) is 1. The first-order valence-electron chi connectivity index (χ1n) is 5.23. The zero-order valence-corrected chi connectivity index (χ0v) is 10.5. The molecule has 16 heavy (non-hydrogen) atoms. The lowest BCUT2D eigenvalue weighted by Gasteiger charge is -2.07. The molecule has 0 fully saturated rings. The number of hydrogen-bond acceptors (Lipinski definition) is 2. The van der Waals surface area contributed by atoms with Crippen molar-refractivity contribution < 1.29 is 4.79 Å². The number of nitrogens with one attached hydrogen (secondary N) is 1. The van der Waals surface area contributed by atoms with E-state index >= 15 is 0 Å². The average Bonchev–Trinajstić information content (AvgIpc) is 2.17. The summed E-state index contributed by atoms with van der Waals surface area (Å²) in [5.74, 6) is 0.550. The predicted molar refractivity (Wildman–Crippen MR) is 69.9 cm³/mol. The van der Waals surface area contributed by atoms with Crippen LogP contribution in [0.2, 0.25) is 0 Å². The van der Waals surface area contributed by atoms with Crippen molar-refractivity contribution in [2.75, 3.05) is 12.3 Å². The molecule has 0 aromatic heterocycles. The molecule has 0 aliphatic rings. The highest BCUT2D eigenvalue weighted by atomic mass is 35.5. The Morgan fingerprint density at radius 1 is 1.44 bits per heavy atom. The van der Waals surface area contributed by atoms with Gasteiger partial charge in [-0.25, -0.2) is 0 Å². The number of carbonyl (C=O) groups is 1. The number of rotatable bonds is 4. The van der Waals surface area contributed by atoms with E-state index in [9.17, 15) is 4.79 Å². The first-order valence-corrected chi connectivity index (χ1v) is 5.23. The van der Waals surface area contributed by atoms with Gasteiger partial charge in [0.05, 0.1) is 0 Å². The van der Waals surface area contributed by atoms with Crippen LogP contribution in [-0.2, 0) is 0 Å². The van der Waals surface area contributed by atoms with E-state index in [4.69, 9.17) is 5.73 Å². The zero-order chi connectivity index (χ0) is 11.3. The summed E-state index contributed by atoms with van der Waals surface area (Å²) >= 11 is 0. The van der Waals surface area contributed by atoms with E-state index in [0.29, 0.717) is 23.7 Å². The molecular formula is C12H19ClN2O. The quantitative estimate of drug-likeness (QED) is 0.797. The topological polar surface area (TPSA) is 55.1 Å². The van der Waals surface area contributed by atoms with Crippen LogP contribution in [0.15, 0.2) is 24.3 Å². The Balaban J connectivity index is 0.00000225. The SMILES string of the molecule is CC(C)CCNC(=O)c1cccc(N)c1.Cl. The lowest BCUT2D eigenvalue weighted by atomic mass is 10.1. The Kier molecular flexibility index (Phi) is 6.58. The molecule has 0 saturated heterocycles. The van der Waals surface area contributed by atoms with Gasteiger partial charge >= 0.3 is 0 Å². The van der Waals surface area contributed by atoms with Gasteiger partial charge in [0.1, 0.15) is 0 Å². The van der Waals surface area contributed by atoms with Crippen LogP contribution in [0.5, 0.6) is 0 Å². The maximum Gasteiger partial charge on any atom is 0.251 e. The molecule has 0 heterocycles. The summed E-state index contributed by atoms with van der Waals surface area (Å²) in [7, 11) is 0. The van der Waals surface area contributed by atoms with Gasteiger partial charge in [-0.1, -0.05) is 19.9 Å². The van der Waals surface area contributed by atoms with Gasteiger partial charge in [0.25, 0.3) is 5.91 Å². The van der Waals surface area contributed by atoms with Crippen molar-refractivity contribution in [3.8, 4) is 0 Å². The Morgan fingerprint density at radius 3 is 2.69 bits per heavy atom. The lowest BCUT2D eigenvalue weighted by molar-refractivity contribution is 0.0952. The second-order valence-corrected chi connectivity index (χ2v) is 4.06. The smallest absolute Gasteiger partial charge is 0.251 e. The van der Waals surface area contributed by atoms with E-state index in [-0.39, 0.29) is 18.3 Å². The van der Waals surface area contributed by atoms with E-state index in [1.807, 2.05) is 0 Å². The summed E-state index contributed by atoms with van der Waals surface area (Å²) < 4.78 is 0. The van der Waals surface area contributed by atoms with E-state index in [1.54, 1.807) is 24.3 Å². The maximum absolute atomic E-state index is 11.6. The molecule has 1 amide bonds. The monoisotopic (exact) mass is 242 g/mol. The number of halogens is 1. The largest absolute Gasteiger partial charge is 0.399 e. The summed E-state index contributed by atoms with van der Waals surface area (Å²) in [6.07, 6.45) is 0.994. The number of benzene rings is 1. The molecule has 1 aromatic rings. The summed E-state index contributed by atoms with van der Waals surface area (Å²) in [6, 6.07) is 7.00. The Bertz CT molecular complexity index is 340. The van der Waals surface area contributed by atoms with Crippen molar-refractivity contribution in [1.82, 2.24) is 5.32 Å². The standard InChI is InChI=1S/C12H18N2O.ClH/c1-9(2)6-7-14-12(15)10-4-3-5-11(13)8-10;/h3-5,8-9H,6-7,13H2,1-2H3,(H,14,15);1H. The van der Waals surface area contributed by atoms with Crippen LogP contribution in [0, 0.1) is 5.92 Å². The third kappa shape index (κ3) is 5.03. The second kappa shape index (κ2) is 7.12. The molecule has 3 nitrogen and oxygen atoms in total. The van der Waals surface area contributed by atoms with Crippen molar-refractivity contribution in [3.05, 3.63) is 29.8 Å². The molecule has 0 radical (unpaired) electrons. The minimum Gasteiger partial charge on any atom is -0.399 e. The lowest BCUT2D eigenvalue weighted by Crippen LogP contribution is -2.25. The van der Waals surface area contributed by atoms with Gasteiger partial charge < -0.3 is 11.1 Å². The molecular weight excluding hydrogens is 224 g/mol. The molecule has 0 unspecified atom stereocenters. The van der Waals surface area contributed by atoms with Gasteiger partial charge in [0.2, 0.25) is 0 Å². The fourth-order valence-corrected chi connectivity index (χ4v) is 1.26. The third-order valence-corrected chi connectivity index (χ3v) is 2.16. The van der Waals surface area contributed by atoms with E-state index in [0.717, 1.165) is 6.42 Å². The van der Waals surface area contributed by atoms with Crippen LogP contribution in [0.1, 0.15) is 30.6 Å². The molecule has 0 saturated carbocycles. The van der Waals surface area contributed by atoms with E-state index < -0.39 is 0 Å². The van der Waals surface area contributed by atoms with E-state index in [2.05, 4.69) is 19.2 Å². The molecule has 0 bridgehead atoms. The van der Waals surface area contributed by atoms with Gasteiger partial charge in [-0.2, -0.15) is 0 Å². The van der Waals surface area contributed by atoms with Gasteiger partial charge in [-0.05, 0) is 30.5 Å². The zero-order valence-electron chi connectivity index (χ0n) is 9.69. The molecule has 0 spiro atoms. The fourth-order valence-electron chi connectivity index (χ4n) is 1.26. The Morgan fingerprint density at radius 2 is 2.12 bits per heavy atom. The summed E-state index contributed by atoms with van der Waals surface area (Å²) in [6.45, 7) is 4.98. The van der Waals surface area contributed by atoms with Crippen molar-refractivity contribution in [2.45, 2.75) is 20.3 Å². The number of hydrogen-bond donors (Lipinski definition) is 2. The summed E-state index contributed by atoms with van der Waals surface area (Å²) in [4.78, 5) is 11.6. The van der Waals surface area contributed by atoms with Crippen LogP contribution < -0.4 is 11.1 Å². The van der Waals surface area contributed by atoms with Gasteiger partial charge in [0, 0.05) is 17.8 Å². The summed E-state index contributed by atoms with van der Waals surface area (Å²) in [5, 5.41) is 2.86. The molecule has 90 valence electrons. The third-order valence-electron chi connectivity index (χ3n) is 2.16. The van der Waals surface area contributed by atoms with Crippen LogP contribution in [0.3, 0.4) is 0 Å². The average molecular weight is 243 g/mol. The molecule has 0 aliphatic carbocycles. The minimum absolute atomic E-state index is 0. The molecule has 0 atom stereocenters. The molecule has 4 heteroatoms. The molecule has 1 rings (SSSR count). The maximum atomic E-state index is 11.6. The van der Waals surface area contributed by atoms with Crippen LogP contribution in [-0.4, -0.2) is 12.5 Å². The highest BCUT2D eigenvalue weighted by Gasteiger charge is 2.04. The first-order chi connectivity index (χ1) is 7.09. The number of amides is 1. The number of anilines is 1. The van der Waals surface area contributed by atoms with E-state index in [1.165, 1.54) is 0 Å². The molecule has 1 aromatic carbocycles. The van der Waals surface area contributed by atoms with Gasteiger partial charge in [0.15, 0.2) is 0 Å². The van der Waals surface area contributed by atoms with Crippen molar-refractivity contribution in [2.24, 2.45) is 5.92 Å². The van der Waals surface area contributed by atoms with Crippen molar-refractivity contribution in [3.63, 3.8) is 0 Å². The molecule has 0 aliphatic heterocycles. The highest BCUT2D eigenvalue weighted by Crippen LogP contribution is 2.06. The molecule has 3 N–H and O–H groups in total. The number of carbonyl (C=O) groups excluding carboxylic acids is 1. The second-order valence-electron chi connectivity index (χ2n) is 4.06.